The van der Waals surface area contributed by atoms with Crippen LogP contribution in [-0.4, -0.2) is 40.0 Å². The summed E-state index contributed by atoms with van der Waals surface area (Å²) in [6.45, 7) is 3.49. The van der Waals surface area contributed by atoms with Crippen molar-refractivity contribution >= 4 is 21.5 Å². The number of benzene rings is 1. The Morgan fingerprint density at radius 2 is 2.00 bits per heavy atom. The molecule has 112 valence electrons. The van der Waals surface area contributed by atoms with Crippen LogP contribution in [0.5, 0.6) is 0 Å². The molecule has 0 atom stereocenters. The number of nitrogens with two attached hydrogens (primary N) is 1. The third kappa shape index (κ3) is 4.21. The first-order chi connectivity index (χ1) is 9.27. The summed E-state index contributed by atoms with van der Waals surface area (Å²) in [5, 5.41) is 0. The fourth-order valence-corrected chi connectivity index (χ4v) is 2.69. The number of anilines is 1. The lowest BCUT2D eigenvalue weighted by molar-refractivity contribution is 0.0379. The fourth-order valence-electron chi connectivity index (χ4n) is 1.49. The van der Waals surface area contributed by atoms with E-state index in [1.165, 1.54) is 25.3 Å². The summed E-state index contributed by atoms with van der Waals surface area (Å²) in [5.41, 5.74) is 5.92. The molecule has 0 aromatic heterocycles. The van der Waals surface area contributed by atoms with Crippen molar-refractivity contribution in [3.05, 3.63) is 23.8 Å². The Balaban J connectivity index is 3.11. The van der Waals surface area contributed by atoms with Crippen molar-refractivity contribution in [2.24, 2.45) is 0 Å². The molecule has 0 saturated carbocycles. The first kappa shape index (κ1) is 16.5. The fraction of sp³-hybridized carbons (Fsp3) is 0.462. The quantitative estimate of drug-likeness (QED) is 0.627. The number of hydrogen-bond donors (Lipinski definition) is 1. The topological polar surface area (TPSA) is 95.7 Å². The predicted octanol–water partition coefficient (Wildman–Crippen LogP) is 1.25. The molecule has 1 aromatic rings. The summed E-state index contributed by atoms with van der Waals surface area (Å²) in [7, 11) is -2.09. The Labute approximate surface area is 118 Å². The highest BCUT2D eigenvalue weighted by atomic mass is 32.2. The minimum Gasteiger partial charge on any atom is -0.459 e. The highest BCUT2D eigenvalue weighted by Crippen LogP contribution is 2.20. The van der Waals surface area contributed by atoms with Crippen LogP contribution in [0, 0.1) is 0 Å². The van der Waals surface area contributed by atoms with Crippen LogP contribution < -0.4 is 5.73 Å². The smallest absolute Gasteiger partial charge is 0.340 e. The van der Waals surface area contributed by atoms with Gasteiger partial charge in [-0.3, -0.25) is 0 Å². The molecule has 0 saturated heterocycles. The molecule has 0 aliphatic carbocycles. The largest absolute Gasteiger partial charge is 0.459 e. The second kappa shape index (κ2) is 6.71. The van der Waals surface area contributed by atoms with Gasteiger partial charge in [0.05, 0.1) is 28.9 Å². The van der Waals surface area contributed by atoms with Crippen molar-refractivity contribution < 1.29 is 22.7 Å². The second-order valence-corrected chi connectivity index (χ2v) is 6.62. The first-order valence-corrected chi connectivity index (χ1v) is 7.75. The molecule has 7 heteroatoms. The van der Waals surface area contributed by atoms with E-state index in [1.54, 1.807) is 13.8 Å². The number of methoxy groups -OCH3 is 1. The summed E-state index contributed by atoms with van der Waals surface area (Å²) in [6.07, 6.45) is -0.310. The number of sulfone groups is 1. The van der Waals surface area contributed by atoms with Gasteiger partial charge in [0.2, 0.25) is 0 Å². The zero-order chi connectivity index (χ0) is 15.3. The molecular weight excluding hydrogens is 282 g/mol. The second-order valence-electron chi connectivity index (χ2n) is 4.51. The van der Waals surface area contributed by atoms with Gasteiger partial charge in [-0.05, 0) is 32.0 Å². The summed E-state index contributed by atoms with van der Waals surface area (Å²) < 4.78 is 33.8. The van der Waals surface area contributed by atoms with E-state index in [1.807, 2.05) is 0 Å². The van der Waals surface area contributed by atoms with Crippen LogP contribution in [0.15, 0.2) is 23.1 Å². The molecule has 0 bridgehead atoms. The van der Waals surface area contributed by atoms with E-state index >= 15 is 0 Å². The van der Waals surface area contributed by atoms with E-state index in [0.29, 0.717) is 0 Å². The van der Waals surface area contributed by atoms with Crippen molar-refractivity contribution in [3.63, 3.8) is 0 Å². The van der Waals surface area contributed by atoms with Crippen LogP contribution in [0.4, 0.5) is 5.69 Å². The Hall–Kier alpha value is -1.60. The number of carbonyl (C=O) groups excluding carboxylic acids is 1. The molecule has 0 radical (unpaired) electrons. The molecule has 0 aliphatic heterocycles. The van der Waals surface area contributed by atoms with Gasteiger partial charge < -0.3 is 15.2 Å². The minimum absolute atomic E-state index is 0.0273. The molecule has 1 aromatic carbocycles. The molecule has 0 unspecified atom stereocenters. The highest BCUT2D eigenvalue weighted by molar-refractivity contribution is 7.91. The van der Waals surface area contributed by atoms with Crippen LogP contribution >= 0.6 is 0 Å². The normalized spacial score (nSPS) is 11.6. The van der Waals surface area contributed by atoms with E-state index in [-0.39, 0.29) is 34.6 Å². The number of nitrogen functional groups attached to an aromatic ring is 1. The SMILES string of the molecule is COCCS(=O)(=O)c1ccc(N)c(C(=O)OC(C)C)c1. The van der Waals surface area contributed by atoms with Gasteiger partial charge in [0, 0.05) is 12.8 Å². The molecule has 2 N–H and O–H groups in total. The van der Waals surface area contributed by atoms with Crippen molar-refractivity contribution in [2.45, 2.75) is 24.8 Å². The zero-order valence-electron chi connectivity index (χ0n) is 11.8. The van der Waals surface area contributed by atoms with Crippen LogP contribution in [0.2, 0.25) is 0 Å². The Bertz CT molecular complexity index is 580. The maximum absolute atomic E-state index is 12.0. The van der Waals surface area contributed by atoms with E-state index in [2.05, 4.69) is 0 Å². The zero-order valence-corrected chi connectivity index (χ0v) is 12.6. The maximum atomic E-state index is 12.0. The number of carbonyl (C=O) groups is 1. The lowest BCUT2D eigenvalue weighted by atomic mass is 10.2. The molecule has 0 heterocycles. The Morgan fingerprint density at radius 1 is 1.35 bits per heavy atom. The molecule has 0 spiro atoms. The first-order valence-electron chi connectivity index (χ1n) is 6.10. The Kier molecular flexibility index (Phi) is 5.52. The van der Waals surface area contributed by atoms with E-state index in [0.717, 1.165) is 0 Å². The molecule has 6 nitrogen and oxygen atoms in total. The summed E-state index contributed by atoms with van der Waals surface area (Å²) >= 11 is 0. The van der Waals surface area contributed by atoms with Crippen LogP contribution in [0.1, 0.15) is 24.2 Å². The number of hydrogen-bond acceptors (Lipinski definition) is 6. The average molecular weight is 301 g/mol. The van der Waals surface area contributed by atoms with Crippen molar-refractivity contribution in [2.75, 3.05) is 25.2 Å². The lowest BCUT2D eigenvalue weighted by Crippen LogP contribution is -2.16. The van der Waals surface area contributed by atoms with Gasteiger partial charge in [-0.1, -0.05) is 0 Å². The van der Waals surface area contributed by atoms with Gasteiger partial charge in [0.15, 0.2) is 9.84 Å². The van der Waals surface area contributed by atoms with Crippen LogP contribution in [0.3, 0.4) is 0 Å². The molecule has 0 amide bonds. The molecule has 0 fully saturated rings. The van der Waals surface area contributed by atoms with Gasteiger partial charge in [0.1, 0.15) is 0 Å². The van der Waals surface area contributed by atoms with Gasteiger partial charge in [-0.25, -0.2) is 13.2 Å². The van der Waals surface area contributed by atoms with E-state index in [4.69, 9.17) is 15.2 Å². The van der Waals surface area contributed by atoms with E-state index in [9.17, 15) is 13.2 Å². The summed E-state index contributed by atoms with van der Waals surface area (Å²) in [4.78, 5) is 11.9. The van der Waals surface area contributed by atoms with Gasteiger partial charge >= 0.3 is 5.97 Å². The molecule has 20 heavy (non-hydrogen) atoms. The molecular formula is C13H19NO5S. The standard InChI is InChI=1S/C13H19NO5S/c1-9(2)19-13(15)11-8-10(4-5-12(11)14)20(16,17)7-6-18-3/h4-5,8-9H,6-7,14H2,1-3H3. The van der Waals surface area contributed by atoms with Gasteiger partial charge in [-0.15, -0.1) is 0 Å². The van der Waals surface area contributed by atoms with Crippen molar-refractivity contribution in [1.29, 1.82) is 0 Å². The average Bonchev–Trinajstić information content (AvgIpc) is 2.35. The van der Waals surface area contributed by atoms with E-state index < -0.39 is 15.8 Å². The third-order valence-corrected chi connectivity index (χ3v) is 4.18. The highest BCUT2D eigenvalue weighted by Gasteiger charge is 2.19. The minimum atomic E-state index is -3.51. The number of ether oxygens (including phenoxy) is 2. The maximum Gasteiger partial charge on any atom is 0.340 e. The van der Waals surface area contributed by atoms with Crippen LogP contribution in [0.25, 0.3) is 0 Å². The van der Waals surface area contributed by atoms with Crippen molar-refractivity contribution in [3.8, 4) is 0 Å². The van der Waals surface area contributed by atoms with Crippen LogP contribution in [-0.2, 0) is 19.3 Å². The number of esters is 1. The number of rotatable bonds is 6. The summed E-state index contributed by atoms with van der Waals surface area (Å²) in [5.74, 6) is -0.798. The molecule has 1 rings (SSSR count). The monoisotopic (exact) mass is 301 g/mol. The predicted molar refractivity (Wildman–Crippen MR) is 75.3 cm³/mol. The summed E-state index contributed by atoms with van der Waals surface area (Å²) in [6, 6.07) is 3.99. The molecule has 0 aliphatic rings. The Morgan fingerprint density at radius 3 is 2.55 bits per heavy atom. The van der Waals surface area contributed by atoms with Crippen molar-refractivity contribution in [1.82, 2.24) is 0 Å². The third-order valence-electron chi connectivity index (χ3n) is 2.50. The van der Waals surface area contributed by atoms with Gasteiger partial charge in [-0.2, -0.15) is 0 Å². The lowest BCUT2D eigenvalue weighted by Gasteiger charge is -2.11. The van der Waals surface area contributed by atoms with Gasteiger partial charge in [0.25, 0.3) is 0 Å².